The first kappa shape index (κ1) is 20.0. The number of hydrogen-bond acceptors (Lipinski definition) is 8. The monoisotopic (exact) mass is 398 g/mol. The number of ether oxygens (including phenoxy) is 1. The van der Waals surface area contributed by atoms with Crippen LogP contribution in [0.5, 0.6) is 28.7 Å². The number of carbonyl (C=O) groups excluding carboxylic acids is 2. The van der Waals surface area contributed by atoms with Gasteiger partial charge in [-0.3, -0.25) is 9.59 Å². The summed E-state index contributed by atoms with van der Waals surface area (Å²) in [5.74, 6) is -0.830. The van der Waals surface area contributed by atoms with Crippen molar-refractivity contribution in [2.75, 3.05) is 0 Å². The molecule has 29 heavy (non-hydrogen) atoms. The van der Waals surface area contributed by atoms with Crippen LogP contribution in [0, 0.1) is 0 Å². The van der Waals surface area contributed by atoms with Crippen LogP contribution >= 0.6 is 0 Å². The molecule has 0 unspecified atom stereocenters. The van der Waals surface area contributed by atoms with Crippen LogP contribution in [0.25, 0.3) is 0 Å². The third kappa shape index (κ3) is 4.56. The number of carbonyl (C=O) groups is 2. The van der Waals surface area contributed by atoms with Crippen molar-refractivity contribution in [2.24, 2.45) is 0 Å². The van der Waals surface area contributed by atoms with Crippen LogP contribution in [0.15, 0.2) is 54.6 Å². The molecule has 2 aliphatic rings. The van der Waals surface area contributed by atoms with Gasteiger partial charge >= 0.3 is 0 Å². The van der Waals surface area contributed by atoms with E-state index in [1.807, 2.05) is 0 Å². The quantitative estimate of drug-likeness (QED) is 0.361. The van der Waals surface area contributed by atoms with Gasteiger partial charge in [0.25, 0.3) is 0 Å². The fraction of sp³-hybridized carbons (Fsp3) is 0.143. The van der Waals surface area contributed by atoms with Crippen LogP contribution in [-0.2, 0) is 16.0 Å². The number of ketones is 2. The zero-order valence-electron chi connectivity index (χ0n) is 15.0. The summed E-state index contributed by atoms with van der Waals surface area (Å²) in [5.41, 5.74) is 0.894. The van der Waals surface area contributed by atoms with Crippen LogP contribution in [0.3, 0.4) is 0 Å². The molecule has 2 atom stereocenters. The summed E-state index contributed by atoms with van der Waals surface area (Å²) in [6.07, 6.45) is 3.45. The van der Waals surface area contributed by atoms with Crippen molar-refractivity contribution < 1.29 is 39.9 Å². The lowest BCUT2D eigenvalue weighted by Gasteiger charge is -2.31. The van der Waals surface area contributed by atoms with Crippen LogP contribution in [0.4, 0.5) is 0 Å². The van der Waals surface area contributed by atoms with Crippen molar-refractivity contribution in [1.82, 2.24) is 0 Å². The van der Waals surface area contributed by atoms with Gasteiger partial charge in [-0.2, -0.15) is 0 Å². The Morgan fingerprint density at radius 2 is 1.41 bits per heavy atom. The zero-order chi connectivity index (χ0) is 21.1. The smallest absolute Gasteiger partial charge is 0.178 e. The fourth-order valence-electron chi connectivity index (χ4n) is 2.91. The van der Waals surface area contributed by atoms with Gasteiger partial charge in [-0.1, -0.05) is 6.07 Å². The summed E-state index contributed by atoms with van der Waals surface area (Å²) in [7, 11) is 0. The number of aliphatic hydroxyl groups excluding tert-OH is 1. The molecule has 1 aliphatic carbocycles. The number of benzene rings is 2. The van der Waals surface area contributed by atoms with Gasteiger partial charge < -0.3 is 30.3 Å². The average Bonchev–Trinajstić information content (AvgIpc) is 2.67. The molecule has 1 heterocycles. The first-order valence-corrected chi connectivity index (χ1v) is 8.60. The SMILES string of the molecule is O=C1C=CC(=O)C=C1.Oc1cc(O)c2c(c1)O[C@H](c1ccc(O)c(O)c1)[C@@H](O)C2. The standard InChI is InChI=1S/C15H14O6.C6H4O2/c16-8-4-11(18)9-6-13(20)15(21-14(9)5-8)7-1-2-10(17)12(19)3-7;7-5-1-2-6(8)4-3-5/h1-5,13,15-20H,6H2;1-4H/t13-,15+;/m0./s1. The largest absolute Gasteiger partial charge is 0.508 e. The van der Waals surface area contributed by atoms with E-state index in [9.17, 15) is 35.1 Å². The van der Waals surface area contributed by atoms with E-state index in [1.165, 1.54) is 54.6 Å². The van der Waals surface area contributed by atoms with Gasteiger partial charge in [-0.05, 0) is 42.0 Å². The first-order chi connectivity index (χ1) is 13.7. The zero-order valence-corrected chi connectivity index (χ0v) is 15.0. The van der Waals surface area contributed by atoms with Gasteiger partial charge in [-0.15, -0.1) is 0 Å². The summed E-state index contributed by atoms with van der Waals surface area (Å²) in [4.78, 5) is 20.6. The second kappa shape index (κ2) is 8.07. The lowest BCUT2D eigenvalue weighted by Crippen LogP contribution is -2.30. The van der Waals surface area contributed by atoms with Gasteiger partial charge in [0.1, 0.15) is 23.4 Å². The Bertz CT molecular complexity index is 984. The molecule has 5 N–H and O–H groups in total. The summed E-state index contributed by atoms with van der Waals surface area (Å²) >= 11 is 0. The molecule has 8 nitrogen and oxygen atoms in total. The summed E-state index contributed by atoms with van der Waals surface area (Å²) in [6, 6.07) is 6.67. The number of aliphatic hydroxyl groups is 1. The highest BCUT2D eigenvalue weighted by atomic mass is 16.5. The molecule has 8 heteroatoms. The maximum Gasteiger partial charge on any atom is 0.178 e. The third-order valence-corrected chi connectivity index (χ3v) is 4.34. The molecule has 1 aliphatic heterocycles. The van der Waals surface area contributed by atoms with Gasteiger partial charge in [0, 0.05) is 24.1 Å². The molecule has 0 saturated carbocycles. The Morgan fingerprint density at radius 3 is 2.00 bits per heavy atom. The number of hydrogen-bond donors (Lipinski definition) is 5. The number of fused-ring (bicyclic) bond motifs is 1. The van der Waals surface area contributed by atoms with E-state index in [0.29, 0.717) is 11.1 Å². The number of phenolic OH excluding ortho intramolecular Hbond substituents is 4. The van der Waals surface area contributed by atoms with Crippen molar-refractivity contribution in [1.29, 1.82) is 0 Å². The van der Waals surface area contributed by atoms with E-state index in [4.69, 9.17) is 4.74 Å². The van der Waals surface area contributed by atoms with Gasteiger partial charge in [0.05, 0.1) is 6.10 Å². The Hall–Kier alpha value is -3.78. The second-order valence-corrected chi connectivity index (χ2v) is 6.47. The van der Waals surface area contributed by atoms with E-state index in [2.05, 4.69) is 0 Å². The molecule has 0 aromatic heterocycles. The number of phenols is 4. The van der Waals surface area contributed by atoms with Crippen LogP contribution in [-0.4, -0.2) is 43.2 Å². The molecule has 0 saturated heterocycles. The number of aromatic hydroxyl groups is 4. The van der Waals surface area contributed by atoms with E-state index >= 15 is 0 Å². The van der Waals surface area contributed by atoms with Crippen LogP contribution in [0.1, 0.15) is 17.2 Å². The van der Waals surface area contributed by atoms with Crippen molar-refractivity contribution in [3.05, 3.63) is 65.8 Å². The summed E-state index contributed by atoms with van der Waals surface area (Å²) in [6.45, 7) is 0. The molecule has 0 radical (unpaired) electrons. The Balaban J connectivity index is 0.000000252. The normalized spacial score (nSPS) is 19.8. The van der Waals surface area contributed by atoms with Crippen LogP contribution < -0.4 is 4.74 Å². The molecule has 2 aromatic carbocycles. The number of rotatable bonds is 1. The minimum atomic E-state index is -0.933. The minimum Gasteiger partial charge on any atom is -0.508 e. The maximum atomic E-state index is 10.3. The van der Waals surface area contributed by atoms with E-state index in [-0.39, 0.29) is 46.7 Å². The van der Waals surface area contributed by atoms with E-state index < -0.39 is 12.2 Å². The molecule has 0 spiro atoms. The van der Waals surface area contributed by atoms with Crippen molar-refractivity contribution in [3.63, 3.8) is 0 Å². The van der Waals surface area contributed by atoms with E-state index in [0.717, 1.165) is 0 Å². The molecular formula is C21H18O8. The predicted molar refractivity (Wildman–Crippen MR) is 101 cm³/mol. The average molecular weight is 398 g/mol. The Kier molecular flexibility index (Phi) is 5.56. The van der Waals surface area contributed by atoms with Crippen molar-refractivity contribution in [2.45, 2.75) is 18.6 Å². The van der Waals surface area contributed by atoms with Gasteiger partial charge in [0.15, 0.2) is 23.1 Å². The summed E-state index contributed by atoms with van der Waals surface area (Å²) in [5, 5.41) is 48.3. The molecule has 0 fully saturated rings. The topological polar surface area (TPSA) is 145 Å². The minimum absolute atomic E-state index is 0.121. The predicted octanol–water partition coefficient (Wildman–Crippen LogP) is 1.80. The Morgan fingerprint density at radius 1 is 0.793 bits per heavy atom. The molecule has 0 bridgehead atoms. The maximum absolute atomic E-state index is 10.3. The Labute approximate surface area is 165 Å². The van der Waals surface area contributed by atoms with Gasteiger partial charge in [0.2, 0.25) is 0 Å². The fourth-order valence-corrected chi connectivity index (χ4v) is 2.91. The molecule has 4 rings (SSSR count). The second-order valence-electron chi connectivity index (χ2n) is 6.47. The van der Waals surface area contributed by atoms with E-state index in [1.54, 1.807) is 0 Å². The lowest BCUT2D eigenvalue weighted by atomic mass is 9.94. The first-order valence-electron chi connectivity index (χ1n) is 8.60. The van der Waals surface area contributed by atoms with Crippen LogP contribution in [0.2, 0.25) is 0 Å². The highest BCUT2D eigenvalue weighted by molar-refractivity contribution is 6.14. The molecule has 2 aromatic rings. The highest BCUT2D eigenvalue weighted by Gasteiger charge is 2.32. The molecular weight excluding hydrogens is 380 g/mol. The van der Waals surface area contributed by atoms with Crippen molar-refractivity contribution >= 4 is 11.6 Å². The lowest BCUT2D eigenvalue weighted by molar-refractivity contribution is -0.113. The summed E-state index contributed by atoms with van der Waals surface area (Å²) < 4.78 is 5.62. The number of allylic oxidation sites excluding steroid dienone is 4. The van der Waals surface area contributed by atoms with Gasteiger partial charge in [-0.25, -0.2) is 0 Å². The van der Waals surface area contributed by atoms with Crippen molar-refractivity contribution in [3.8, 4) is 28.7 Å². The highest BCUT2D eigenvalue weighted by Crippen LogP contribution is 2.42. The molecule has 0 amide bonds. The third-order valence-electron chi connectivity index (χ3n) is 4.34. The molecule has 150 valence electrons.